The van der Waals surface area contributed by atoms with Crippen LogP contribution in [0.3, 0.4) is 0 Å². The molecule has 84 valence electrons. The molecule has 0 aromatic carbocycles. The summed E-state index contributed by atoms with van der Waals surface area (Å²) in [6.07, 6.45) is 2.95. The first-order valence-corrected chi connectivity index (χ1v) is 5.35. The molecule has 5 heteroatoms. The van der Waals surface area contributed by atoms with Crippen LogP contribution in [0.2, 0.25) is 0 Å². The number of aryl methyl sites for hydroxylation is 1. The third-order valence-corrected chi connectivity index (χ3v) is 2.07. The molecule has 0 unspecified atom stereocenters. The zero-order valence-electron chi connectivity index (χ0n) is 9.26. The minimum atomic E-state index is -0.197. The van der Waals surface area contributed by atoms with Crippen molar-refractivity contribution in [1.82, 2.24) is 15.5 Å². The van der Waals surface area contributed by atoms with Gasteiger partial charge in [-0.1, -0.05) is 20.3 Å². The van der Waals surface area contributed by atoms with E-state index in [9.17, 15) is 4.79 Å². The standard InChI is InChI=1S/C10H18N4O/c1-3-5-6-11-10(15)12-9-7-8(4-2)13-14-9/h7H,3-6H2,1-2H3,(H3,11,12,13,14,15). The minimum absolute atomic E-state index is 0.197. The lowest BCUT2D eigenvalue weighted by atomic mass is 10.3. The predicted octanol–water partition coefficient (Wildman–Crippen LogP) is 1.89. The summed E-state index contributed by atoms with van der Waals surface area (Å²) in [6.45, 7) is 4.81. The van der Waals surface area contributed by atoms with E-state index < -0.39 is 0 Å². The number of aromatic nitrogens is 2. The summed E-state index contributed by atoms with van der Waals surface area (Å²) in [5, 5.41) is 12.2. The predicted molar refractivity (Wildman–Crippen MR) is 59.9 cm³/mol. The molecule has 0 fully saturated rings. The second-order valence-electron chi connectivity index (χ2n) is 3.37. The molecule has 0 atom stereocenters. The van der Waals surface area contributed by atoms with E-state index in [4.69, 9.17) is 0 Å². The van der Waals surface area contributed by atoms with Gasteiger partial charge in [0, 0.05) is 18.3 Å². The molecule has 1 aromatic rings. The van der Waals surface area contributed by atoms with Gasteiger partial charge in [0.15, 0.2) is 5.82 Å². The number of aromatic amines is 1. The molecule has 0 saturated carbocycles. The number of nitrogens with zero attached hydrogens (tertiary/aromatic N) is 1. The number of carbonyl (C=O) groups is 1. The van der Waals surface area contributed by atoms with E-state index in [0.717, 1.165) is 25.0 Å². The smallest absolute Gasteiger partial charge is 0.320 e. The molecule has 15 heavy (non-hydrogen) atoms. The van der Waals surface area contributed by atoms with Crippen LogP contribution in [0.5, 0.6) is 0 Å². The number of nitrogens with one attached hydrogen (secondary N) is 3. The van der Waals surface area contributed by atoms with Crippen LogP contribution in [0.4, 0.5) is 10.6 Å². The Bertz CT molecular complexity index is 308. The Labute approximate surface area is 89.6 Å². The number of hydrogen-bond donors (Lipinski definition) is 3. The van der Waals surface area contributed by atoms with Crippen LogP contribution >= 0.6 is 0 Å². The molecule has 0 saturated heterocycles. The van der Waals surface area contributed by atoms with Crippen LogP contribution in [0, 0.1) is 0 Å². The van der Waals surface area contributed by atoms with Crippen LogP contribution in [-0.4, -0.2) is 22.8 Å². The van der Waals surface area contributed by atoms with Crippen molar-refractivity contribution in [3.05, 3.63) is 11.8 Å². The number of amides is 2. The van der Waals surface area contributed by atoms with Gasteiger partial charge in [-0.3, -0.25) is 10.4 Å². The molecule has 1 rings (SSSR count). The van der Waals surface area contributed by atoms with Crippen molar-refractivity contribution in [2.45, 2.75) is 33.1 Å². The first kappa shape index (κ1) is 11.6. The number of unbranched alkanes of at least 4 members (excludes halogenated alkanes) is 1. The minimum Gasteiger partial charge on any atom is -0.338 e. The van der Waals surface area contributed by atoms with Gasteiger partial charge in [0.1, 0.15) is 0 Å². The Balaban J connectivity index is 2.31. The van der Waals surface area contributed by atoms with E-state index in [1.54, 1.807) is 0 Å². The number of urea groups is 1. The maximum atomic E-state index is 11.3. The first-order valence-electron chi connectivity index (χ1n) is 5.35. The molecular weight excluding hydrogens is 192 g/mol. The van der Waals surface area contributed by atoms with Crippen LogP contribution in [0.15, 0.2) is 6.07 Å². The van der Waals surface area contributed by atoms with E-state index in [0.29, 0.717) is 12.4 Å². The van der Waals surface area contributed by atoms with E-state index in [1.165, 1.54) is 0 Å². The Kier molecular flexibility index (Phi) is 4.66. The van der Waals surface area contributed by atoms with Crippen LogP contribution in [0.1, 0.15) is 32.4 Å². The average molecular weight is 210 g/mol. The van der Waals surface area contributed by atoms with E-state index in [1.807, 2.05) is 13.0 Å². The van der Waals surface area contributed by atoms with Crippen LogP contribution < -0.4 is 10.6 Å². The van der Waals surface area contributed by atoms with E-state index >= 15 is 0 Å². The molecule has 0 aliphatic carbocycles. The highest BCUT2D eigenvalue weighted by Gasteiger charge is 2.03. The van der Waals surface area contributed by atoms with E-state index in [2.05, 4.69) is 27.8 Å². The molecular formula is C10H18N4O. The Morgan fingerprint density at radius 3 is 2.93 bits per heavy atom. The van der Waals surface area contributed by atoms with Crippen molar-refractivity contribution in [2.75, 3.05) is 11.9 Å². The third-order valence-electron chi connectivity index (χ3n) is 2.07. The zero-order valence-corrected chi connectivity index (χ0v) is 9.26. The summed E-state index contributed by atoms with van der Waals surface area (Å²) in [4.78, 5) is 11.3. The fourth-order valence-electron chi connectivity index (χ4n) is 1.15. The van der Waals surface area contributed by atoms with Gasteiger partial charge in [-0.15, -0.1) is 0 Å². The summed E-state index contributed by atoms with van der Waals surface area (Å²) < 4.78 is 0. The van der Waals surface area contributed by atoms with Gasteiger partial charge in [0.2, 0.25) is 0 Å². The largest absolute Gasteiger partial charge is 0.338 e. The highest BCUT2D eigenvalue weighted by Crippen LogP contribution is 2.04. The van der Waals surface area contributed by atoms with Crippen molar-refractivity contribution < 1.29 is 4.79 Å². The summed E-state index contributed by atoms with van der Waals surface area (Å²) >= 11 is 0. The number of anilines is 1. The van der Waals surface area contributed by atoms with Gasteiger partial charge in [-0.25, -0.2) is 4.79 Å². The summed E-state index contributed by atoms with van der Waals surface area (Å²) in [5.74, 6) is 0.570. The highest BCUT2D eigenvalue weighted by atomic mass is 16.2. The number of hydrogen-bond acceptors (Lipinski definition) is 2. The molecule has 0 aliphatic heterocycles. The maximum absolute atomic E-state index is 11.3. The van der Waals surface area contributed by atoms with Crippen LogP contribution in [0.25, 0.3) is 0 Å². The van der Waals surface area contributed by atoms with Crippen molar-refractivity contribution in [1.29, 1.82) is 0 Å². The highest BCUT2D eigenvalue weighted by molar-refractivity contribution is 5.88. The molecule has 0 bridgehead atoms. The average Bonchev–Trinajstić information content (AvgIpc) is 2.66. The number of carbonyl (C=O) groups excluding carboxylic acids is 1. The van der Waals surface area contributed by atoms with Crippen molar-refractivity contribution >= 4 is 11.8 Å². The van der Waals surface area contributed by atoms with Gasteiger partial charge >= 0.3 is 6.03 Å². The van der Waals surface area contributed by atoms with Gasteiger partial charge in [0.25, 0.3) is 0 Å². The molecule has 2 amide bonds. The summed E-state index contributed by atoms with van der Waals surface area (Å²) in [5.41, 5.74) is 1.01. The summed E-state index contributed by atoms with van der Waals surface area (Å²) in [7, 11) is 0. The van der Waals surface area contributed by atoms with Crippen LogP contribution in [-0.2, 0) is 6.42 Å². The zero-order chi connectivity index (χ0) is 11.1. The molecule has 3 N–H and O–H groups in total. The topological polar surface area (TPSA) is 69.8 Å². The quantitative estimate of drug-likeness (QED) is 0.649. The lowest BCUT2D eigenvalue weighted by Crippen LogP contribution is -2.29. The van der Waals surface area contributed by atoms with Crippen molar-refractivity contribution in [3.63, 3.8) is 0 Å². The Morgan fingerprint density at radius 2 is 2.33 bits per heavy atom. The number of rotatable bonds is 5. The molecule has 0 aliphatic rings. The van der Waals surface area contributed by atoms with Gasteiger partial charge in [-0.2, -0.15) is 5.10 Å². The lowest BCUT2D eigenvalue weighted by Gasteiger charge is -2.03. The summed E-state index contributed by atoms with van der Waals surface area (Å²) in [6, 6.07) is 1.64. The second kappa shape index (κ2) is 6.06. The Hall–Kier alpha value is -1.52. The van der Waals surface area contributed by atoms with Gasteiger partial charge in [-0.05, 0) is 12.8 Å². The normalized spacial score (nSPS) is 10.0. The second-order valence-corrected chi connectivity index (χ2v) is 3.37. The van der Waals surface area contributed by atoms with Crippen molar-refractivity contribution in [3.8, 4) is 0 Å². The molecule has 1 heterocycles. The SMILES string of the molecule is CCCCNC(=O)Nc1cc(CC)[nH]n1. The molecule has 0 radical (unpaired) electrons. The van der Waals surface area contributed by atoms with Gasteiger partial charge < -0.3 is 5.32 Å². The first-order chi connectivity index (χ1) is 7.26. The van der Waals surface area contributed by atoms with Crippen molar-refractivity contribution in [2.24, 2.45) is 0 Å². The fraction of sp³-hybridized carbons (Fsp3) is 0.600. The maximum Gasteiger partial charge on any atom is 0.320 e. The fourth-order valence-corrected chi connectivity index (χ4v) is 1.15. The molecule has 1 aromatic heterocycles. The van der Waals surface area contributed by atoms with Gasteiger partial charge in [0.05, 0.1) is 0 Å². The molecule has 0 spiro atoms. The Morgan fingerprint density at radius 1 is 1.53 bits per heavy atom. The number of H-pyrrole nitrogens is 1. The van der Waals surface area contributed by atoms with E-state index in [-0.39, 0.29) is 6.03 Å². The lowest BCUT2D eigenvalue weighted by molar-refractivity contribution is 0.252. The monoisotopic (exact) mass is 210 g/mol. The molecule has 5 nitrogen and oxygen atoms in total. The third kappa shape index (κ3) is 4.01.